The number of hydrogen-bond acceptors (Lipinski definition) is 5. The molecule has 1 aromatic carbocycles. The smallest absolute Gasteiger partial charge is 0.146 e. The van der Waals surface area contributed by atoms with E-state index in [2.05, 4.69) is 0 Å². The zero-order valence-electron chi connectivity index (χ0n) is 11.6. The molecular formula is C14H13NaO5-. The van der Waals surface area contributed by atoms with Crippen molar-refractivity contribution in [3.8, 4) is 11.5 Å². The molecule has 0 unspecified atom stereocenters. The standard InChI is InChI=1S/C14H14O5.Na/c1-9-13(14(15)16)7-12(19-9)8-18-11-5-3-10(17-2)4-6-11;/h3-7H,8H2,1-2H3,(H,15,16);/p-1. The van der Waals surface area contributed by atoms with E-state index in [1.165, 1.54) is 6.07 Å². The van der Waals surface area contributed by atoms with Gasteiger partial charge in [-0.2, -0.15) is 0 Å². The summed E-state index contributed by atoms with van der Waals surface area (Å²) in [4.78, 5) is 10.8. The number of rotatable bonds is 5. The van der Waals surface area contributed by atoms with Gasteiger partial charge in [0.25, 0.3) is 0 Å². The monoisotopic (exact) mass is 284 g/mol. The number of methoxy groups -OCH3 is 1. The van der Waals surface area contributed by atoms with E-state index in [9.17, 15) is 9.90 Å². The van der Waals surface area contributed by atoms with Gasteiger partial charge in [0.2, 0.25) is 0 Å². The van der Waals surface area contributed by atoms with Gasteiger partial charge in [-0.1, -0.05) is 0 Å². The van der Waals surface area contributed by atoms with Gasteiger partial charge in [0.05, 0.1) is 13.1 Å². The molecule has 6 heteroatoms. The molecule has 0 N–H and O–H groups in total. The Kier molecular flexibility index (Phi) is 6.13. The molecule has 0 saturated carbocycles. The molecule has 1 radical (unpaired) electrons. The normalized spacial score (nSPS) is 9.70. The molecular weight excluding hydrogens is 271 g/mol. The van der Waals surface area contributed by atoms with E-state index in [0.717, 1.165) is 5.75 Å². The SMILES string of the molecule is COc1ccc(OCc2cc(C(=O)[O-])c(C)o2)cc1.[Na]. The van der Waals surface area contributed by atoms with Crippen molar-refractivity contribution in [3.05, 3.63) is 47.4 Å². The quantitative estimate of drug-likeness (QED) is 0.770. The van der Waals surface area contributed by atoms with Crippen molar-refractivity contribution in [2.45, 2.75) is 13.5 Å². The van der Waals surface area contributed by atoms with Crippen LogP contribution < -0.4 is 14.6 Å². The average Bonchev–Trinajstić information content (AvgIpc) is 2.78. The number of furan rings is 1. The van der Waals surface area contributed by atoms with Crippen LogP contribution >= 0.6 is 0 Å². The Morgan fingerprint density at radius 1 is 1.25 bits per heavy atom. The summed E-state index contributed by atoms with van der Waals surface area (Å²) in [6, 6.07) is 8.47. The minimum Gasteiger partial charge on any atom is -0.545 e. The van der Waals surface area contributed by atoms with E-state index in [0.29, 0.717) is 17.3 Å². The number of aromatic carboxylic acids is 1. The molecule has 0 atom stereocenters. The Morgan fingerprint density at radius 3 is 2.35 bits per heavy atom. The van der Waals surface area contributed by atoms with Crippen LogP contribution in [0, 0.1) is 6.92 Å². The van der Waals surface area contributed by atoms with E-state index < -0.39 is 5.97 Å². The van der Waals surface area contributed by atoms with Crippen molar-refractivity contribution >= 4 is 35.5 Å². The van der Waals surface area contributed by atoms with Gasteiger partial charge in [-0.3, -0.25) is 0 Å². The molecule has 0 spiro atoms. The largest absolute Gasteiger partial charge is 0.545 e. The first-order valence-electron chi connectivity index (χ1n) is 5.67. The number of aryl methyl sites for hydroxylation is 1. The number of benzene rings is 1. The number of ether oxygens (including phenoxy) is 2. The zero-order chi connectivity index (χ0) is 13.8. The fourth-order valence-electron chi connectivity index (χ4n) is 1.64. The molecule has 0 fully saturated rings. The molecule has 0 bridgehead atoms. The van der Waals surface area contributed by atoms with Crippen LogP contribution in [0.3, 0.4) is 0 Å². The van der Waals surface area contributed by atoms with Gasteiger partial charge in [-0.25, -0.2) is 0 Å². The van der Waals surface area contributed by atoms with Crippen molar-refractivity contribution in [2.75, 3.05) is 7.11 Å². The molecule has 2 rings (SSSR count). The van der Waals surface area contributed by atoms with Crippen LogP contribution in [-0.2, 0) is 6.61 Å². The van der Waals surface area contributed by atoms with Crippen LogP contribution in [0.1, 0.15) is 21.9 Å². The molecule has 0 amide bonds. The van der Waals surface area contributed by atoms with Crippen LogP contribution in [0.25, 0.3) is 0 Å². The molecule has 5 nitrogen and oxygen atoms in total. The number of hydrogen-bond donors (Lipinski definition) is 0. The van der Waals surface area contributed by atoms with Crippen LogP contribution in [0.15, 0.2) is 34.7 Å². The minimum absolute atomic E-state index is 0. The topological polar surface area (TPSA) is 71.7 Å². The van der Waals surface area contributed by atoms with E-state index in [1.807, 2.05) is 0 Å². The first-order chi connectivity index (χ1) is 9.10. The maximum absolute atomic E-state index is 10.8. The van der Waals surface area contributed by atoms with Gasteiger partial charge in [-0.15, -0.1) is 0 Å². The molecule has 0 aliphatic rings. The van der Waals surface area contributed by atoms with Gasteiger partial charge >= 0.3 is 0 Å². The van der Waals surface area contributed by atoms with Crippen molar-refractivity contribution in [1.29, 1.82) is 0 Å². The van der Waals surface area contributed by atoms with E-state index in [-0.39, 0.29) is 41.7 Å². The van der Waals surface area contributed by atoms with E-state index >= 15 is 0 Å². The van der Waals surface area contributed by atoms with Gasteiger partial charge in [0.1, 0.15) is 29.6 Å². The van der Waals surface area contributed by atoms with Crippen molar-refractivity contribution in [2.24, 2.45) is 0 Å². The van der Waals surface area contributed by atoms with Crippen LogP contribution in [0.5, 0.6) is 11.5 Å². The van der Waals surface area contributed by atoms with Crippen molar-refractivity contribution < 1.29 is 23.8 Å². The second kappa shape index (κ2) is 7.38. The summed E-state index contributed by atoms with van der Waals surface area (Å²) in [5, 5.41) is 10.8. The number of carboxylic acids is 1. The second-order valence-electron chi connectivity index (χ2n) is 3.93. The number of carbonyl (C=O) groups excluding carboxylic acids is 1. The molecule has 2 aromatic rings. The van der Waals surface area contributed by atoms with Crippen LogP contribution in [0.2, 0.25) is 0 Å². The Balaban J connectivity index is 0.00000200. The average molecular weight is 284 g/mol. The molecule has 1 aromatic heterocycles. The number of carbonyl (C=O) groups is 1. The third-order valence-electron chi connectivity index (χ3n) is 2.63. The Labute approximate surface area is 138 Å². The van der Waals surface area contributed by atoms with Gasteiger partial charge in [0, 0.05) is 35.1 Å². The molecule has 0 aliphatic heterocycles. The summed E-state index contributed by atoms with van der Waals surface area (Å²) in [5.41, 5.74) is 0.0494. The van der Waals surface area contributed by atoms with Gasteiger partial charge in [-0.05, 0) is 37.3 Å². The summed E-state index contributed by atoms with van der Waals surface area (Å²) in [6.07, 6.45) is 0. The molecule has 20 heavy (non-hydrogen) atoms. The summed E-state index contributed by atoms with van der Waals surface area (Å²) in [7, 11) is 1.59. The summed E-state index contributed by atoms with van der Waals surface area (Å²) >= 11 is 0. The minimum atomic E-state index is -1.25. The molecule has 1 heterocycles. The fourth-order valence-corrected chi connectivity index (χ4v) is 1.64. The number of carboxylic acid groups (broad SMARTS) is 1. The van der Waals surface area contributed by atoms with Gasteiger partial charge < -0.3 is 23.8 Å². The van der Waals surface area contributed by atoms with Crippen molar-refractivity contribution in [3.63, 3.8) is 0 Å². The van der Waals surface area contributed by atoms with E-state index in [4.69, 9.17) is 13.9 Å². The third-order valence-corrected chi connectivity index (χ3v) is 2.63. The Morgan fingerprint density at radius 2 is 1.85 bits per heavy atom. The second-order valence-corrected chi connectivity index (χ2v) is 3.93. The van der Waals surface area contributed by atoms with Crippen LogP contribution in [-0.4, -0.2) is 42.6 Å². The maximum Gasteiger partial charge on any atom is 0.146 e. The fraction of sp³-hybridized carbons (Fsp3) is 0.214. The first-order valence-corrected chi connectivity index (χ1v) is 5.67. The first kappa shape index (κ1) is 16.6. The van der Waals surface area contributed by atoms with E-state index in [1.54, 1.807) is 38.3 Å². The zero-order valence-corrected chi connectivity index (χ0v) is 13.6. The summed E-state index contributed by atoms with van der Waals surface area (Å²) in [6.45, 7) is 1.72. The summed E-state index contributed by atoms with van der Waals surface area (Å²) in [5.74, 6) is 0.878. The van der Waals surface area contributed by atoms with Crippen LogP contribution in [0.4, 0.5) is 0 Å². The molecule has 0 saturated heterocycles. The Hall–Kier alpha value is -1.43. The van der Waals surface area contributed by atoms with Crippen molar-refractivity contribution in [1.82, 2.24) is 0 Å². The maximum atomic E-state index is 10.8. The predicted molar refractivity (Wildman–Crippen MR) is 70.9 cm³/mol. The predicted octanol–water partition coefficient (Wildman–Crippen LogP) is 1.16. The molecule has 101 valence electrons. The van der Waals surface area contributed by atoms with Gasteiger partial charge in [0.15, 0.2) is 0 Å². The third kappa shape index (κ3) is 4.03. The summed E-state index contributed by atoms with van der Waals surface area (Å²) < 4.78 is 15.8. The Bertz CT molecular complexity index is 574. The molecule has 0 aliphatic carbocycles.